The lowest BCUT2D eigenvalue weighted by molar-refractivity contribution is -0.149. The van der Waals surface area contributed by atoms with E-state index in [9.17, 15) is 18.0 Å². The molecule has 1 aromatic carbocycles. The summed E-state index contributed by atoms with van der Waals surface area (Å²) in [7, 11) is -2.43. The second-order valence-corrected chi connectivity index (χ2v) is 7.24. The van der Waals surface area contributed by atoms with Crippen LogP contribution in [0.5, 0.6) is 0 Å². The minimum Gasteiger partial charge on any atom is -0.468 e. The molecule has 1 heterocycles. The number of esters is 1. The highest BCUT2D eigenvalue weighted by Crippen LogP contribution is 2.22. The van der Waals surface area contributed by atoms with E-state index in [4.69, 9.17) is 0 Å². The van der Waals surface area contributed by atoms with Crippen LogP contribution in [-0.4, -0.2) is 44.7 Å². The summed E-state index contributed by atoms with van der Waals surface area (Å²) < 4.78 is 31.1. The van der Waals surface area contributed by atoms with Crippen LogP contribution >= 0.6 is 0 Å². The number of hydrogen-bond acceptors (Lipinski definition) is 5. The minimum atomic E-state index is -3.65. The Hall–Kier alpha value is -1.73. The maximum atomic E-state index is 12.6. The molecular weight excluding hydrogens is 306 g/mol. The van der Waals surface area contributed by atoms with Gasteiger partial charge in [0.1, 0.15) is 11.7 Å². The van der Waals surface area contributed by atoms with E-state index in [2.05, 4.69) is 4.74 Å². The Morgan fingerprint density at radius 2 is 1.86 bits per heavy atom. The Balaban J connectivity index is 2.21. The monoisotopic (exact) mass is 325 g/mol. The zero-order valence-corrected chi connectivity index (χ0v) is 13.4. The van der Waals surface area contributed by atoms with Crippen molar-refractivity contribution in [2.45, 2.75) is 24.7 Å². The van der Waals surface area contributed by atoms with Crippen molar-refractivity contribution < 1.29 is 22.7 Å². The van der Waals surface area contributed by atoms with Crippen molar-refractivity contribution in [2.75, 3.05) is 20.2 Å². The molecule has 22 heavy (non-hydrogen) atoms. The quantitative estimate of drug-likeness (QED) is 0.615. The normalized spacial score (nSPS) is 20.5. The molecule has 0 amide bonds. The van der Waals surface area contributed by atoms with Crippen molar-refractivity contribution in [1.82, 2.24) is 4.31 Å². The van der Waals surface area contributed by atoms with Crippen molar-refractivity contribution in [1.29, 1.82) is 0 Å². The molecule has 0 aliphatic carbocycles. The molecule has 0 radical (unpaired) electrons. The molecule has 0 saturated carbocycles. The van der Waals surface area contributed by atoms with E-state index >= 15 is 0 Å². The molecule has 1 aliphatic heterocycles. The van der Waals surface area contributed by atoms with Gasteiger partial charge in [0.2, 0.25) is 10.0 Å². The SMILES string of the molecule is COC(=O)C1CCN(S(=O)(=O)c2ccc(C)cc2)CCC1=O. The first-order valence-electron chi connectivity index (χ1n) is 7.03. The van der Waals surface area contributed by atoms with E-state index in [-0.39, 0.29) is 36.6 Å². The average Bonchev–Trinajstić information content (AvgIpc) is 2.69. The second kappa shape index (κ2) is 6.58. The third-order valence-corrected chi connectivity index (χ3v) is 5.72. The molecule has 2 rings (SSSR count). The molecule has 1 atom stereocenters. The molecule has 0 N–H and O–H groups in total. The number of sulfonamides is 1. The predicted molar refractivity (Wildman–Crippen MR) is 79.7 cm³/mol. The summed E-state index contributed by atoms with van der Waals surface area (Å²) in [6.07, 6.45) is 0.168. The number of Topliss-reactive ketones (excluding diaryl/α,β-unsaturated/α-hetero) is 1. The molecule has 1 saturated heterocycles. The van der Waals surface area contributed by atoms with Gasteiger partial charge in [0.15, 0.2) is 0 Å². The van der Waals surface area contributed by atoms with Gasteiger partial charge in [0.25, 0.3) is 0 Å². The predicted octanol–water partition coefficient (Wildman–Crippen LogP) is 1.14. The second-order valence-electron chi connectivity index (χ2n) is 5.30. The van der Waals surface area contributed by atoms with E-state index in [1.54, 1.807) is 24.3 Å². The molecule has 7 heteroatoms. The fourth-order valence-corrected chi connectivity index (χ4v) is 3.90. The summed E-state index contributed by atoms with van der Waals surface area (Å²) in [6.45, 7) is 2.09. The summed E-state index contributed by atoms with van der Waals surface area (Å²) >= 11 is 0. The maximum absolute atomic E-state index is 12.6. The van der Waals surface area contributed by atoms with Crippen LogP contribution in [-0.2, 0) is 24.3 Å². The highest BCUT2D eigenvalue weighted by atomic mass is 32.2. The number of nitrogens with zero attached hydrogens (tertiary/aromatic N) is 1. The molecular formula is C15H19NO5S. The topological polar surface area (TPSA) is 80.8 Å². The first kappa shape index (κ1) is 16.6. The largest absolute Gasteiger partial charge is 0.468 e. The van der Waals surface area contributed by atoms with Crippen molar-refractivity contribution in [3.8, 4) is 0 Å². The third kappa shape index (κ3) is 3.36. The smallest absolute Gasteiger partial charge is 0.316 e. The van der Waals surface area contributed by atoms with Gasteiger partial charge >= 0.3 is 5.97 Å². The van der Waals surface area contributed by atoms with Crippen molar-refractivity contribution >= 4 is 21.8 Å². The summed E-state index contributed by atoms with van der Waals surface area (Å²) in [5.74, 6) is -1.74. The zero-order chi connectivity index (χ0) is 16.3. The lowest BCUT2D eigenvalue weighted by Crippen LogP contribution is -2.32. The van der Waals surface area contributed by atoms with Gasteiger partial charge in [-0.3, -0.25) is 9.59 Å². The van der Waals surface area contributed by atoms with Crippen LogP contribution in [0.3, 0.4) is 0 Å². The summed E-state index contributed by atoms with van der Waals surface area (Å²) in [5.41, 5.74) is 0.968. The zero-order valence-electron chi connectivity index (χ0n) is 12.6. The molecule has 1 fully saturated rings. The van der Waals surface area contributed by atoms with Gasteiger partial charge in [-0.15, -0.1) is 0 Å². The fraction of sp³-hybridized carbons (Fsp3) is 0.467. The third-order valence-electron chi connectivity index (χ3n) is 3.81. The summed E-state index contributed by atoms with van der Waals surface area (Å²) in [6, 6.07) is 6.56. The Bertz CT molecular complexity index is 666. The van der Waals surface area contributed by atoms with Gasteiger partial charge in [-0.1, -0.05) is 17.7 Å². The standard InChI is InChI=1S/C15H19NO5S/c1-11-3-5-12(6-4-11)22(19,20)16-9-7-13(15(18)21-2)14(17)8-10-16/h3-6,13H,7-10H2,1-2H3. The number of carbonyl (C=O) groups is 2. The van der Waals surface area contributed by atoms with Gasteiger partial charge in [0.05, 0.1) is 12.0 Å². The van der Waals surface area contributed by atoms with Crippen molar-refractivity contribution in [3.05, 3.63) is 29.8 Å². The molecule has 1 aromatic rings. The number of methoxy groups -OCH3 is 1. The Kier molecular flexibility index (Phi) is 4.97. The number of ketones is 1. The lowest BCUT2D eigenvalue weighted by atomic mass is 10.00. The molecule has 6 nitrogen and oxygen atoms in total. The Morgan fingerprint density at radius 1 is 1.23 bits per heavy atom. The van der Waals surface area contributed by atoms with E-state index in [1.807, 2.05) is 6.92 Å². The van der Waals surface area contributed by atoms with Crippen LogP contribution < -0.4 is 0 Å². The van der Waals surface area contributed by atoms with Gasteiger partial charge < -0.3 is 4.74 Å². The van der Waals surface area contributed by atoms with E-state index in [0.717, 1.165) is 5.56 Å². The Labute approximate surface area is 130 Å². The van der Waals surface area contributed by atoms with Crippen molar-refractivity contribution in [2.24, 2.45) is 5.92 Å². The number of ether oxygens (including phenoxy) is 1. The molecule has 1 aliphatic rings. The Morgan fingerprint density at radius 3 is 2.45 bits per heavy atom. The summed E-state index contributed by atoms with van der Waals surface area (Å²) in [5, 5.41) is 0. The van der Waals surface area contributed by atoms with Gasteiger partial charge in [0, 0.05) is 19.5 Å². The minimum absolute atomic E-state index is 0.0187. The molecule has 0 bridgehead atoms. The van der Waals surface area contributed by atoms with Crippen LogP contribution in [0.1, 0.15) is 18.4 Å². The van der Waals surface area contributed by atoms with Crippen LogP contribution in [0.2, 0.25) is 0 Å². The van der Waals surface area contributed by atoms with Crippen LogP contribution in [0.25, 0.3) is 0 Å². The molecule has 0 spiro atoms. The van der Waals surface area contributed by atoms with E-state index < -0.39 is 21.9 Å². The van der Waals surface area contributed by atoms with Crippen LogP contribution in [0.4, 0.5) is 0 Å². The lowest BCUT2D eigenvalue weighted by Gasteiger charge is -2.19. The highest BCUT2D eigenvalue weighted by Gasteiger charge is 2.34. The van der Waals surface area contributed by atoms with Gasteiger partial charge in [-0.05, 0) is 25.5 Å². The number of rotatable bonds is 3. The summed E-state index contributed by atoms with van der Waals surface area (Å²) in [4.78, 5) is 23.7. The first-order valence-corrected chi connectivity index (χ1v) is 8.47. The average molecular weight is 325 g/mol. The fourth-order valence-electron chi connectivity index (χ4n) is 2.45. The highest BCUT2D eigenvalue weighted by molar-refractivity contribution is 7.89. The number of carbonyl (C=O) groups excluding carboxylic acids is 2. The van der Waals surface area contributed by atoms with Crippen LogP contribution in [0.15, 0.2) is 29.2 Å². The van der Waals surface area contributed by atoms with Gasteiger partial charge in [-0.2, -0.15) is 4.31 Å². The van der Waals surface area contributed by atoms with Crippen LogP contribution in [0, 0.1) is 12.8 Å². The number of hydrogen-bond donors (Lipinski definition) is 0. The molecule has 0 aromatic heterocycles. The number of aryl methyl sites for hydroxylation is 1. The molecule has 120 valence electrons. The van der Waals surface area contributed by atoms with E-state index in [1.165, 1.54) is 11.4 Å². The maximum Gasteiger partial charge on any atom is 0.316 e. The van der Waals surface area contributed by atoms with Crippen molar-refractivity contribution in [3.63, 3.8) is 0 Å². The van der Waals surface area contributed by atoms with Gasteiger partial charge in [-0.25, -0.2) is 8.42 Å². The number of benzene rings is 1. The first-order chi connectivity index (χ1) is 10.4. The molecule has 1 unspecified atom stereocenters. The van der Waals surface area contributed by atoms with E-state index in [0.29, 0.717) is 0 Å².